The maximum Gasteiger partial charge on any atom is 0.243 e. The molecule has 1 spiro atoms. The average molecular weight is 440 g/mol. The first-order valence-corrected chi connectivity index (χ1v) is 11.7. The van der Waals surface area contributed by atoms with Crippen molar-refractivity contribution in [1.82, 2.24) is 16.0 Å². The fourth-order valence-corrected chi connectivity index (χ4v) is 4.81. The third-order valence-electron chi connectivity index (χ3n) is 6.59. The molecule has 2 heterocycles. The number of aliphatic hydroxyl groups is 1. The highest BCUT2D eigenvalue weighted by Crippen LogP contribution is 2.51. The molecule has 3 atom stereocenters. The zero-order valence-corrected chi connectivity index (χ0v) is 18.4. The van der Waals surface area contributed by atoms with E-state index < -0.39 is 11.5 Å². The summed E-state index contributed by atoms with van der Waals surface area (Å²) < 4.78 is 6.22. The lowest BCUT2D eigenvalue weighted by Crippen LogP contribution is -2.44. The Morgan fingerprint density at radius 1 is 0.938 bits per heavy atom. The van der Waals surface area contributed by atoms with Crippen molar-refractivity contribution in [1.29, 1.82) is 0 Å². The lowest BCUT2D eigenvalue weighted by molar-refractivity contribution is -0.117. The molecule has 3 unspecified atom stereocenters. The SMILES string of the molecule is O=C1/C=C\C23CCC(O)CC2Oc2ccc(cc23)/C=C\C(=O)NCCCNCCCCN1. The van der Waals surface area contributed by atoms with Crippen molar-refractivity contribution in [3.05, 3.63) is 47.6 Å². The van der Waals surface area contributed by atoms with Crippen LogP contribution in [0.4, 0.5) is 0 Å². The lowest BCUT2D eigenvalue weighted by atomic mass is 9.67. The van der Waals surface area contributed by atoms with Crippen LogP contribution in [0.3, 0.4) is 0 Å². The van der Waals surface area contributed by atoms with Crippen LogP contribution in [-0.2, 0) is 15.0 Å². The zero-order valence-electron chi connectivity index (χ0n) is 18.4. The molecule has 4 rings (SSSR count). The normalized spacial score (nSPS) is 31.4. The number of rotatable bonds is 0. The zero-order chi connectivity index (χ0) is 22.4. The number of hydrogen-bond donors (Lipinski definition) is 4. The van der Waals surface area contributed by atoms with Crippen molar-refractivity contribution < 1.29 is 19.4 Å². The van der Waals surface area contributed by atoms with Gasteiger partial charge in [0.05, 0.1) is 11.5 Å². The summed E-state index contributed by atoms with van der Waals surface area (Å²) in [5.41, 5.74) is 1.46. The third-order valence-corrected chi connectivity index (χ3v) is 6.59. The Balaban J connectivity index is 1.61. The fraction of sp³-hybridized carbons (Fsp3) is 0.520. The second-order valence-corrected chi connectivity index (χ2v) is 8.89. The van der Waals surface area contributed by atoms with Crippen LogP contribution in [0.25, 0.3) is 6.08 Å². The van der Waals surface area contributed by atoms with Crippen molar-refractivity contribution in [2.75, 3.05) is 26.2 Å². The molecule has 4 N–H and O–H groups in total. The minimum Gasteiger partial charge on any atom is -0.489 e. The molecule has 0 saturated heterocycles. The standard InChI is InChI=1S/C25H33N3O4/c29-19-8-10-25-11-9-24(31)27-14-2-1-12-26-13-3-15-28-23(30)7-5-18-4-6-21(20(25)16-18)32-22(25)17-19/h4-7,9,11,16,19,22,26,29H,1-3,8,10,12-15,17H2,(H,27,31)(H,28,30)/b7-5-,11-9-. The largest absolute Gasteiger partial charge is 0.489 e. The summed E-state index contributed by atoms with van der Waals surface area (Å²) in [5.74, 6) is 0.569. The van der Waals surface area contributed by atoms with Crippen molar-refractivity contribution in [3.8, 4) is 5.75 Å². The van der Waals surface area contributed by atoms with Gasteiger partial charge in [-0.1, -0.05) is 12.1 Å². The molecule has 1 aromatic rings. The molecule has 172 valence electrons. The minimum atomic E-state index is -0.456. The number of aliphatic hydroxyl groups excluding tert-OH is 1. The molecule has 7 nitrogen and oxygen atoms in total. The van der Waals surface area contributed by atoms with E-state index in [0.717, 1.165) is 49.2 Å². The molecule has 1 aliphatic carbocycles. The lowest BCUT2D eigenvalue weighted by Gasteiger charge is -2.38. The minimum absolute atomic E-state index is 0.104. The number of benzene rings is 1. The Morgan fingerprint density at radius 3 is 2.56 bits per heavy atom. The van der Waals surface area contributed by atoms with Gasteiger partial charge in [0.2, 0.25) is 11.8 Å². The number of nitrogens with one attached hydrogen (secondary N) is 3. The molecule has 32 heavy (non-hydrogen) atoms. The maximum atomic E-state index is 12.5. The van der Waals surface area contributed by atoms with Crippen LogP contribution in [0.1, 0.15) is 49.7 Å². The molecule has 2 aliphatic heterocycles. The summed E-state index contributed by atoms with van der Waals surface area (Å²) in [6, 6.07) is 5.89. The first kappa shape index (κ1) is 22.6. The molecule has 3 aliphatic rings. The van der Waals surface area contributed by atoms with E-state index in [2.05, 4.69) is 16.0 Å². The number of carbonyl (C=O) groups excluding carboxylic acids is 2. The van der Waals surface area contributed by atoms with E-state index in [1.807, 2.05) is 24.3 Å². The number of fused-ring (bicyclic) bond motifs is 1. The van der Waals surface area contributed by atoms with Gasteiger partial charge in [0.1, 0.15) is 11.9 Å². The van der Waals surface area contributed by atoms with Gasteiger partial charge in [0.25, 0.3) is 0 Å². The van der Waals surface area contributed by atoms with Gasteiger partial charge in [0, 0.05) is 31.1 Å². The Morgan fingerprint density at radius 2 is 1.69 bits per heavy atom. The topological polar surface area (TPSA) is 99.7 Å². The molecular formula is C25H33N3O4. The monoisotopic (exact) mass is 439 g/mol. The summed E-state index contributed by atoms with van der Waals surface area (Å²) in [5, 5.41) is 19.5. The van der Waals surface area contributed by atoms with Crippen molar-refractivity contribution in [2.45, 2.75) is 56.1 Å². The van der Waals surface area contributed by atoms with E-state index >= 15 is 0 Å². The molecule has 0 aromatic heterocycles. The summed E-state index contributed by atoms with van der Waals surface area (Å²) in [6.45, 7) is 3.00. The van der Waals surface area contributed by atoms with Crippen LogP contribution >= 0.6 is 0 Å². The first-order valence-electron chi connectivity index (χ1n) is 11.7. The third kappa shape index (κ3) is 5.22. The average Bonchev–Trinajstić information content (AvgIpc) is 3.10. The van der Waals surface area contributed by atoms with E-state index in [4.69, 9.17) is 4.74 Å². The van der Waals surface area contributed by atoms with E-state index in [-0.39, 0.29) is 17.9 Å². The van der Waals surface area contributed by atoms with E-state index in [9.17, 15) is 14.7 Å². The molecule has 7 heteroatoms. The second kappa shape index (κ2) is 10.3. The molecule has 1 aromatic carbocycles. The second-order valence-electron chi connectivity index (χ2n) is 8.89. The van der Waals surface area contributed by atoms with Gasteiger partial charge in [-0.2, -0.15) is 0 Å². The Labute approximate surface area is 189 Å². The number of carbonyl (C=O) groups is 2. The van der Waals surface area contributed by atoms with Crippen LogP contribution < -0.4 is 20.7 Å². The summed E-state index contributed by atoms with van der Waals surface area (Å²) in [6.07, 6.45) is 11.0. The van der Waals surface area contributed by atoms with E-state index in [1.54, 1.807) is 18.2 Å². The van der Waals surface area contributed by atoms with Gasteiger partial charge in [0.15, 0.2) is 0 Å². The molecular weight excluding hydrogens is 406 g/mol. The predicted molar refractivity (Wildman–Crippen MR) is 123 cm³/mol. The van der Waals surface area contributed by atoms with Gasteiger partial charge >= 0.3 is 0 Å². The number of amides is 2. The smallest absolute Gasteiger partial charge is 0.243 e. The van der Waals surface area contributed by atoms with Gasteiger partial charge in [-0.3, -0.25) is 9.59 Å². The van der Waals surface area contributed by atoms with Crippen LogP contribution in [0, 0.1) is 0 Å². The summed E-state index contributed by atoms with van der Waals surface area (Å²) in [7, 11) is 0. The number of hydrogen-bond acceptors (Lipinski definition) is 5. The number of ether oxygens (including phenoxy) is 1. The van der Waals surface area contributed by atoms with E-state index in [1.165, 1.54) is 0 Å². The maximum absolute atomic E-state index is 12.5. The van der Waals surface area contributed by atoms with Crippen molar-refractivity contribution in [3.63, 3.8) is 0 Å². The van der Waals surface area contributed by atoms with Crippen LogP contribution in [0.15, 0.2) is 36.4 Å². The highest BCUT2D eigenvalue weighted by atomic mass is 16.5. The summed E-state index contributed by atoms with van der Waals surface area (Å²) >= 11 is 0. The van der Waals surface area contributed by atoms with Crippen molar-refractivity contribution >= 4 is 17.9 Å². The molecule has 2 amide bonds. The molecule has 2 bridgehead atoms. The Hall–Kier alpha value is -2.64. The highest BCUT2D eigenvalue weighted by Gasteiger charge is 2.50. The summed E-state index contributed by atoms with van der Waals surface area (Å²) in [4.78, 5) is 24.6. The quantitative estimate of drug-likeness (QED) is 0.494. The first-order chi connectivity index (χ1) is 15.6. The fourth-order valence-electron chi connectivity index (χ4n) is 4.81. The van der Waals surface area contributed by atoms with Gasteiger partial charge in [-0.15, -0.1) is 0 Å². The van der Waals surface area contributed by atoms with Gasteiger partial charge in [-0.05, 0) is 75.0 Å². The van der Waals surface area contributed by atoms with Crippen LogP contribution in [0.2, 0.25) is 0 Å². The van der Waals surface area contributed by atoms with Crippen LogP contribution in [-0.4, -0.2) is 55.3 Å². The Bertz CT molecular complexity index is 897. The van der Waals surface area contributed by atoms with Gasteiger partial charge < -0.3 is 25.8 Å². The van der Waals surface area contributed by atoms with Gasteiger partial charge in [-0.25, -0.2) is 0 Å². The van der Waals surface area contributed by atoms with E-state index in [0.29, 0.717) is 32.4 Å². The Kier molecular flexibility index (Phi) is 7.27. The van der Waals surface area contributed by atoms with Crippen molar-refractivity contribution in [2.24, 2.45) is 0 Å². The molecule has 0 radical (unpaired) electrons. The van der Waals surface area contributed by atoms with Crippen LogP contribution in [0.5, 0.6) is 5.75 Å². The molecule has 1 saturated carbocycles. The highest BCUT2D eigenvalue weighted by molar-refractivity contribution is 5.91. The molecule has 1 fully saturated rings. The predicted octanol–water partition coefficient (Wildman–Crippen LogP) is 1.81.